The van der Waals surface area contributed by atoms with E-state index in [0.717, 1.165) is 48.7 Å². The molecule has 0 bridgehead atoms. The van der Waals surface area contributed by atoms with Crippen molar-refractivity contribution in [3.63, 3.8) is 0 Å². The first-order chi connectivity index (χ1) is 15.3. The standard InChI is InChI=1S/C29H34O2/c1-3-5-7-9-21-31-29-19-16-26-22-25(12-15-27(26)23-29)11-10-24-13-17-28(18-14-24)30-20-8-6-4-2/h12-19,22-23H,3-9,20-21H2,1-2H3. The van der Waals surface area contributed by atoms with Crippen LogP contribution in [0.5, 0.6) is 11.5 Å². The average Bonchev–Trinajstić information content (AvgIpc) is 2.81. The van der Waals surface area contributed by atoms with Gasteiger partial charge in [-0.05, 0) is 72.1 Å². The second-order valence-electron chi connectivity index (χ2n) is 7.96. The van der Waals surface area contributed by atoms with Gasteiger partial charge in [0.15, 0.2) is 0 Å². The molecule has 0 aliphatic rings. The van der Waals surface area contributed by atoms with Crippen LogP contribution in [0, 0.1) is 11.8 Å². The first kappa shape index (κ1) is 22.8. The van der Waals surface area contributed by atoms with E-state index in [1.54, 1.807) is 0 Å². The molecule has 2 nitrogen and oxygen atoms in total. The highest BCUT2D eigenvalue weighted by Gasteiger charge is 2.00. The van der Waals surface area contributed by atoms with Crippen LogP contribution in [0.3, 0.4) is 0 Å². The summed E-state index contributed by atoms with van der Waals surface area (Å²) < 4.78 is 11.7. The summed E-state index contributed by atoms with van der Waals surface area (Å²) in [6.45, 7) is 5.99. The molecule has 0 amide bonds. The summed E-state index contributed by atoms with van der Waals surface area (Å²) in [6.07, 6.45) is 8.41. The topological polar surface area (TPSA) is 18.5 Å². The fourth-order valence-corrected chi connectivity index (χ4v) is 3.43. The molecule has 3 aromatic rings. The van der Waals surface area contributed by atoms with Gasteiger partial charge < -0.3 is 9.47 Å². The molecule has 2 heteroatoms. The molecule has 31 heavy (non-hydrogen) atoms. The molecular formula is C29H34O2. The van der Waals surface area contributed by atoms with Gasteiger partial charge in [0.2, 0.25) is 0 Å². The molecule has 0 aliphatic heterocycles. The Morgan fingerprint density at radius 1 is 0.548 bits per heavy atom. The van der Waals surface area contributed by atoms with Crippen LogP contribution < -0.4 is 9.47 Å². The molecule has 0 saturated heterocycles. The van der Waals surface area contributed by atoms with Crippen molar-refractivity contribution in [1.82, 2.24) is 0 Å². The van der Waals surface area contributed by atoms with Crippen LogP contribution in [0.2, 0.25) is 0 Å². The smallest absolute Gasteiger partial charge is 0.119 e. The predicted octanol–water partition coefficient (Wildman–Crippen LogP) is 7.77. The maximum absolute atomic E-state index is 5.90. The Bertz CT molecular complexity index is 993. The third-order valence-corrected chi connectivity index (χ3v) is 5.30. The Morgan fingerprint density at radius 2 is 1.10 bits per heavy atom. The molecule has 0 aromatic heterocycles. The maximum atomic E-state index is 5.90. The maximum Gasteiger partial charge on any atom is 0.119 e. The van der Waals surface area contributed by atoms with Gasteiger partial charge in [0.25, 0.3) is 0 Å². The Labute approximate surface area is 187 Å². The van der Waals surface area contributed by atoms with E-state index in [1.165, 1.54) is 42.9 Å². The van der Waals surface area contributed by atoms with Crippen molar-refractivity contribution < 1.29 is 9.47 Å². The van der Waals surface area contributed by atoms with Crippen molar-refractivity contribution in [2.24, 2.45) is 0 Å². The van der Waals surface area contributed by atoms with Crippen LogP contribution in [0.1, 0.15) is 69.9 Å². The molecule has 0 heterocycles. The molecule has 0 aliphatic carbocycles. The summed E-state index contributed by atoms with van der Waals surface area (Å²) >= 11 is 0. The van der Waals surface area contributed by atoms with Crippen molar-refractivity contribution in [3.05, 3.63) is 71.8 Å². The number of hydrogen-bond acceptors (Lipinski definition) is 2. The summed E-state index contributed by atoms with van der Waals surface area (Å²) in [5.74, 6) is 8.39. The van der Waals surface area contributed by atoms with Gasteiger partial charge >= 0.3 is 0 Å². The lowest BCUT2D eigenvalue weighted by Crippen LogP contribution is -1.97. The van der Waals surface area contributed by atoms with Crippen LogP contribution >= 0.6 is 0 Å². The van der Waals surface area contributed by atoms with Crippen molar-refractivity contribution in [3.8, 4) is 23.3 Å². The number of unbranched alkanes of at least 4 members (excludes halogenated alkanes) is 5. The van der Waals surface area contributed by atoms with Gasteiger partial charge in [0.1, 0.15) is 11.5 Å². The molecule has 0 N–H and O–H groups in total. The van der Waals surface area contributed by atoms with E-state index in [9.17, 15) is 0 Å². The van der Waals surface area contributed by atoms with E-state index >= 15 is 0 Å². The highest BCUT2D eigenvalue weighted by atomic mass is 16.5. The highest BCUT2D eigenvalue weighted by Crippen LogP contribution is 2.22. The molecule has 0 fully saturated rings. The van der Waals surface area contributed by atoms with Gasteiger partial charge in [0.05, 0.1) is 13.2 Å². The lowest BCUT2D eigenvalue weighted by atomic mass is 10.1. The second-order valence-corrected chi connectivity index (χ2v) is 7.96. The minimum Gasteiger partial charge on any atom is -0.494 e. The average molecular weight is 415 g/mol. The van der Waals surface area contributed by atoms with Crippen LogP contribution in [0.4, 0.5) is 0 Å². The van der Waals surface area contributed by atoms with Gasteiger partial charge in [-0.1, -0.05) is 69.9 Å². The van der Waals surface area contributed by atoms with Crippen molar-refractivity contribution in [2.75, 3.05) is 13.2 Å². The fraction of sp³-hybridized carbons (Fsp3) is 0.379. The first-order valence-corrected chi connectivity index (χ1v) is 11.7. The number of benzene rings is 3. The predicted molar refractivity (Wildman–Crippen MR) is 131 cm³/mol. The molecule has 162 valence electrons. The van der Waals surface area contributed by atoms with Crippen molar-refractivity contribution >= 4 is 10.8 Å². The minimum atomic E-state index is 0.779. The van der Waals surface area contributed by atoms with Gasteiger partial charge in [0, 0.05) is 11.1 Å². The minimum absolute atomic E-state index is 0.779. The normalized spacial score (nSPS) is 10.5. The Hall–Kier alpha value is -2.92. The highest BCUT2D eigenvalue weighted by molar-refractivity contribution is 5.85. The lowest BCUT2D eigenvalue weighted by Gasteiger charge is -2.07. The Kier molecular flexibility index (Phi) is 9.32. The fourth-order valence-electron chi connectivity index (χ4n) is 3.43. The zero-order chi connectivity index (χ0) is 21.7. The number of rotatable bonds is 11. The van der Waals surface area contributed by atoms with Crippen molar-refractivity contribution in [1.29, 1.82) is 0 Å². The first-order valence-electron chi connectivity index (χ1n) is 11.7. The monoisotopic (exact) mass is 414 g/mol. The molecular weight excluding hydrogens is 380 g/mol. The largest absolute Gasteiger partial charge is 0.494 e. The molecule has 0 unspecified atom stereocenters. The van der Waals surface area contributed by atoms with E-state index in [4.69, 9.17) is 9.47 Å². The zero-order valence-corrected chi connectivity index (χ0v) is 19.0. The van der Waals surface area contributed by atoms with Gasteiger partial charge in [-0.3, -0.25) is 0 Å². The summed E-state index contributed by atoms with van der Waals surface area (Å²) in [5, 5.41) is 2.36. The summed E-state index contributed by atoms with van der Waals surface area (Å²) in [6, 6.07) is 20.7. The SMILES string of the molecule is CCCCCCOc1ccc2cc(C#Cc3ccc(OCCCCC)cc3)ccc2c1. The summed E-state index contributed by atoms with van der Waals surface area (Å²) in [4.78, 5) is 0. The van der Waals surface area contributed by atoms with Crippen LogP contribution in [-0.2, 0) is 0 Å². The molecule has 3 aromatic carbocycles. The third kappa shape index (κ3) is 7.68. The lowest BCUT2D eigenvalue weighted by molar-refractivity contribution is 0.305. The van der Waals surface area contributed by atoms with Crippen LogP contribution in [0.15, 0.2) is 60.7 Å². The van der Waals surface area contributed by atoms with E-state index in [0.29, 0.717) is 0 Å². The Morgan fingerprint density at radius 3 is 1.87 bits per heavy atom. The van der Waals surface area contributed by atoms with E-state index in [-0.39, 0.29) is 0 Å². The number of fused-ring (bicyclic) bond motifs is 1. The van der Waals surface area contributed by atoms with Gasteiger partial charge in [-0.15, -0.1) is 0 Å². The Balaban J connectivity index is 1.57. The quantitative estimate of drug-likeness (QED) is 0.236. The zero-order valence-electron chi connectivity index (χ0n) is 19.0. The molecule has 0 radical (unpaired) electrons. The van der Waals surface area contributed by atoms with E-state index < -0.39 is 0 Å². The van der Waals surface area contributed by atoms with E-state index in [1.807, 2.05) is 24.3 Å². The molecule has 3 rings (SSSR count). The molecule has 0 saturated carbocycles. The number of hydrogen-bond donors (Lipinski definition) is 0. The summed E-state index contributed by atoms with van der Waals surface area (Å²) in [5.41, 5.74) is 2.01. The van der Waals surface area contributed by atoms with E-state index in [2.05, 4.69) is 62.1 Å². The van der Waals surface area contributed by atoms with Crippen molar-refractivity contribution in [2.45, 2.75) is 58.8 Å². The second kappa shape index (κ2) is 12.7. The molecule has 0 atom stereocenters. The number of ether oxygens (including phenoxy) is 2. The summed E-state index contributed by atoms with van der Waals surface area (Å²) in [7, 11) is 0. The van der Waals surface area contributed by atoms with Crippen LogP contribution in [0.25, 0.3) is 10.8 Å². The van der Waals surface area contributed by atoms with Crippen LogP contribution in [-0.4, -0.2) is 13.2 Å². The van der Waals surface area contributed by atoms with Gasteiger partial charge in [-0.25, -0.2) is 0 Å². The van der Waals surface area contributed by atoms with Gasteiger partial charge in [-0.2, -0.15) is 0 Å². The third-order valence-electron chi connectivity index (χ3n) is 5.30. The molecule has 0 spiro atoms.